The summed E-state index contributed by atoms with van der Waals surface area (Å²) in [5.41, 5.74) is 0. The van der Waals surface area contributed by atoms with Crippen molar-refractivity contribution in [1.82, 2.24) is 4.90 Å². The Morgan fingerprint density at radius 1 is 1.00 bits per heavy atom. The fourth-order valence-corrected chi connectivity index (χ4v) is 2.90. The van der Waals surface area contributed by atoms with Crippen LogP contribution in [0.5, 0.6) is 0 Å². The Kier molecular flexibility index (Phi) is 3.82. The molecule has 1 heterocycles. The number of hydrogen-bond donors (Lipinski definition) is 1. The quantitative estimate of drug-likeness (QED) is 0.748. The first-order chi connectivity index (χ1) is 6.86. The average Bonchev–Trinajstić information content (AvgIpc) is 2.72. The van der Waals surface area contributed by atoms with Gasteiger partial charge in [-0.1, -0.05) is 19.3 Å². The third kappa shape index (κ3) is 2.71. The highest BCUT2D eigenvalue weighted by Gasteiger charge is 2.24. The van der Waals surface area contributed by atoms with E-state index >= 15 is 0 Å². The largest absolute Gasteiger partial charge is 0.392 e. The number of rotatable bonds is 3. The molecule has 1 aliphatic heterocycles. The van der Waals surface area contributed by atoms with Gasteiger partial charge in [-0.2, -0.15) is 0 Å². The predicted molar refractivity (Wildman–Crippen MR) is 58.3 cm³/mol. The highest BCUT2D eigenvalue weighted by Crippen LogP contribution is 2.27. The van der Waals surface area contributed by atoms with Crippen LogP contribution in [0.2, 0.25) is 0 Å². The second-order valence-corrected chi connectivity index (χ2v) is 4.97. The first-order valence-electron chi connectivity index (χ1n) is 6.26. The van der Waals surface area contributed by atoms with Crippen LogP contribution >= 0.6 is 0 Å². The lowest BCUT2D eigenvalue weighted by atomic mass is 9.85. The van der Waals surface area contributed by atoms with Gasteiger partial charge in [0, 0.05) is 6.54 Å². The van der Waals surface area contributed by atoms with Crippen LogP contribution in [0.15, 0.2) is 0 Å². The second kappa shape index (κ2) is 5.13. The average molecular weight is 197 g/mol. The number of hydrogen-bond acceptors (Lipinski definition) is 2. The van der Waals surface area contributed by atoms with Crippen LogP contribution in [-0.4, -0.2) is 35.7 Å². The Balaban J connectivity index is 1.72. The van der Waals surface area contributed by atoms with Crippen LogP contribution < -0.4 is 0 Å². The van der Waals surface area contributed by atoms with Gasteiger partial charge >= 0.3 is 0 Å². The molecule has 2 aliphatic rings. The smallest absolute Gasteiger partial charge is 0.0695 e. The maximum atomic E-state index is 10.1. The van der Waals surface area contributed by atoms with E-state index in [1.165, 1.54) is 58.0 Å². The lowest BCUT2D eigenvalue weighted by Crippen LogP contribution is -2.35. The van der Waals surface area contributed by atoms with Gasteiger partial charge in [0.15, 0.2) is 0 Å². The first kappa shape index (κ1) is 10.4. The predicted octanol–water partition coefficient (Wildman–Crippen LogP) is 2.02. The molecule has 14 heavy (non-hydrogen) atoms. The minimum absolute atomic E-state index is 0.0478. The minimum Gasteiger partial charge on any atom is -0.392 e. The Morgan fingerprint density at radius 3 is 2.29 bits per heavy atom. The van der Waals surface area contributed by atoms with Crippen LogP contribution in [-0.2, 0) is 0 Å². The molecule has 1 atom stereocenters. The van der Waals surface area contributed by atoms with Crippen molar-refractivity contribution in [2.75, 3.05) is 19.6 Å². The van der Waals surface area contributed by atoms with E-state index in [4.69, 9.17) is 0 Å². The zero-order valence-electron chi connectivity index (χ0n) is 9.12. The van der Waals surface area contributed by atoms with Crippen molar-refractivity contribution < 1.29 is 5.11 Å². The maximum absolute atomic E-state index is 10.1. The van der Waals surface area contributed by atoms with Crippen molar-refractivity contribution in [3.63, 3.8) is 0 Å². The van der Waals surface area contributed by atoms with E-state index in [9.17, 15) is 5.11 Å². The van der Waals surface area contributed by atoms with E-state index in [0.717, 1.165) is 6.54 Å². The van der Waals surface area contributed by atoms with Crippen LogP contribution in [0.1, 0.15) is 44.9 Å². The summed E-state index contributed by atoms with van der Waals surface area (Å²) in [6, 6.07) is 0. The molecule has 0 unspecified atom stereocenters. The molecule has 0 bridgehead atoms. The monoisotopic (exact) mass is 197 g/mol. The molecule has 0 amide bonds. The second-order valence-electron chi connectivity index (χ2n) is 4.97. The molecule has 2 heteroatoms. The Hall–Kier alpha value is -0.0800. The third-order valence-corrected chi connectivity index (χ3v) is 3.84. The first-order valence-corrected chi connectivity index (χ1v) is 6.26. The van der Waals surface area contributed by atoms with Crippen molar-refractivity contribution >= 4 is 0 Å². The lowest BCUT2D eigenvalue weighted by molar-refractivity contribution is 0.0544. The van der Waals surface area contributed by atoms with E-state index in [0.29, 0.717) is 5.92 Å². The summed E-state index contributed by atoms with van der Waals surface area (Å²) in [6.45, 7) is 3.36. The fourth-order valence-electron chi connectivity index (χ4n) is 2.90. The van der Waals surface area contributed by atoms with Gasteiger partial charge in [0.2, 0.25) is 0 Å². The summed E-state index contributed by atoms with van der Waals surface area (Å²) in [5.74, 6) is 0.601. The van der Waals surface area contributed by atoms with Crippen LogP contribution in [0.3, 0.4) is 0 Å². The molecule has 0 aromatic rings. The molecule has 2 fully saturated rings. The fraction of sp³-hybridized carbons (Fsp3) is 1.00. The molecule has 1 N–H and O–H groups in total. The molecule has 82 valence electrons. The summed E-state index contributed by atoms with van der Waals surface area (Å²) >= 11 is 0. The number of likely N-dealkylation sites (tertiary alicyclic amines) is 1. The number of aliphatic hydroxyl groups is 1. The molecule has 0 aromatic heterocycles. The van der Waals surface area contributed by atoms with Gasteiger partial charge in [0.1, 0.15) is 0 Å². The van der Waals surface area contributed by atoms with Gasteiger partial charge in [-0.15, -0.1) is 0 Å². The molecule has 0 aromatic carbocycles. The van der Waals surface area contributed by atoms with E-state index in [-0.39, 0.29) is 6.10 Å². The number of β-amino-alcohol motifs (C(OH)–C–C–N with tert-alkyl or cyclic N) is 1. The molecule has 2 nitrogen and oxygen atoms in total. The molecule has 1 saturated carbocycles. The maximum Gasteiger partial charge on any atom is 0.0695 e. The molecule has 2 rings (SSSR count). The Bertz CT molecular complexity index is 160. The molecule has 0 radical (unpaired) electrons. The minimum atomic E-state index is -0.0478. The molecule has 0 spiro atoms. The molecule has 1 saturated heterocycles. The van der Waals surface area contributed by atoms with E-state index in [2.05, 4.69) is 4.90 Å². The summed E-state index contributed by atoms with van der Waals surface area (Å²) in [4.78, 5) is 2.43. The number of nitrogens with zero attached hydrogens (tertiary/aromatic N) is 1. The van der Waals surface area contributed by atoms with Gasteiger partial charge < -0.3 is 10.0 Å². The van der Waals surface area contributed by atoms with Crippen molar-refractivity contribution in [3.8, 4) is 0 Å². The Labute approximate surface area is 87.3 Å². The van der Waals surface area contributed by atoms with Crippen molar-refractivity contribution in [2.24, 2.45) is 5.92 Å². The standard InChI is InChI=1S/C12H23NO/c14-12(10-13-8-4-5-9-13)11-6-2-1-3-7-11/h11-12,14H,1-10H2/t12-/m0/s1. The van der Waals surface area contributed by atoms with Crippen molar-refractivity contribution in [3.05, 3.63) is 0 Å². The Morgan fingerprint density at radius 2 is 1.64 bits per heavy atom. The van der Waals surface area contributed by atoms with Gasteiger partial charge in [-0.05, 0) is 44.7 Å². The molecular weight excluding hydrogens is 174 g/mol. The highest BCUT2D eigenvalue weighted by molar-refractivity contribution is 4.77. The summed E-state index contributed by atoms with van der Waals surface area (Å²) in [6.07, 6.45) is 9.18. The lowest BCUT2D eigenvalue weighted by Gasteiger charge is -2.29. The summed E-state index contributed by atoms with van der Waals surface area (Å²) in [7, 11) is 0. The summed E-state index contributed by atoms with van der Waals surface area (Å²) in [5, 5.41) is 10.1. The molecule has 1 aliphatic carbocycles. The van der Waals surface area contributed by atoms with E-state index in [1.54, 1.807) is 0 Å². The van der Waals surface area contributed by atoms with Crippen LogP contribution in [0.25, 0.3) is 0 Å². The zero-order valence-corrected chi connectivity index (χ0v) is 9.12. The van der Waals surface area contributed by atoms with Crippen molar-refractivity contribution in [2.45, 2.75) is 51.0 Å². The summed E-state index contributed by atoms with van der Waals surface area (Å²) < 4.78 is 0. The third-order valence-electron chi connectivity index (χ3n) is 3.84. The topological polar surface area (TPSA) is 23.5 Å². The van der Waals surface area contributed by atoms with Crippen LogP contribution in [0, 0.1) is 5.92 Å². The van der Waals surface area contributed by atoms with Gasteiger partial charge in [0.05, 0.1) is 6.10 Å². The van der Waals surface area contributed by atoms with E-state index in [1.807, 2.05) is 0 Å². The normalized spacial score (nSPS) is 28.1. The zero-order chi connectivity index (χ0) is 9.80. The van der Waals surface area contributed by atoms with Gasteiger partial charge in [-0.25, -0.2) is 0 Å². The van der Waals surface area contributed by atoms with Gasteiger partial charge in [0.25, 0.3) is 0 Å². The van der Waals surface area contributed by atoms with E-state index < -0.39 is 0 Å². The number of aliphatic hydroxyl groups excluding tert-OH is 1. The van der Waals surface area contributed by atoms with Crippen LogP contribution in [0.4, 0.5) is 0 Å². The SMILES string of the molecule is O[C@@H](CN1CCCC1)C1CCCCC1. The molecular formula is C12H23NO. The highest BCUT2D eigenvalue weighted by atomic mass is 16.3. The van der Waals surface area contributed by atoms with Crippen molar-refractivity contribution in [1.29, 1.82) is 0 Å². The van der Waals surface area contributed by atoms with Gasteiger partial charge in [-0.3, -0.25) is 0 Å².